The molecule has 368 valence electrons. The third-order valence-electron chi connectivity index (χ3n) is 11.8. The van der Waals surface area contributed by atoms with E-state index in [-0.39, 0.29) is 66.0 Å². The monoisotopic (exact) mass is 938 g/mol. The molecule has 0 unspecified atom stereocenters. The minimum absolute atomic E-state index is 0. The van der Waals surface area contributed by atoms with E-state index in [1.165, 1.54) is 82.3 Å². The van der Waals surface area contributed by atoms with Crippen molar-refractivity contribution >= 4 is 52.6 Å². The third-order valence-corrected chi connectivity index (χ3v) is 11.8. The molecular weight excluding hydrogens is 867 g/mol. The maximum absolute atomic E-state index is 11.6. The molecule has 7 N–H and O–H groups in total. The van der Waals surface area contributed by atoms with Crippen molar-refractivity contribution < 1.29 is 54.0 Å². The highest BCUT2D eigenvalue weighted by molar-refractivity contribution is 6.00. The first kappa shape index (κ1) is 57.5. The number of rotatable bonds is 19. The van der Waals surface area contributed by atoms with Crippen molar-refractivity contribution in [3.63, 3.8) is 0 Å². The van der Waals surface area contributed by atoms with Crippen molar-refractivity contribution in [3.8, 4) is 0 Å². The van der Waals surface area contributed by atoms with Crippen LogP contribution in [-0.4, -0.2) is 74.7 Å². The number of Topliss-reactive ketones (excluding diaryl/α,β-unsaturated/α-hetero) is 3. The van der Waals surface area contributed by atoms with Crippen LogP contribution in [0.5, 0.6) is 0 Å². The smallest absolute Gasteiger partial charge is 0.336 e. The van der Waals surface area contributed by atoms with Gasteiger partial charge in [-0.25, -0.2) is 19.2 Å². The number of carboxylic acids is 4. The summed E-state index contributed by atoms with van der Waals surface area (Å²) < 4.78 is 0. The highest BCUT2D eigenvalue weighted by Gasteiger charge is 2.24. The molecule has 0 spiro atoms. The van der Waals surface area contributed by atoms with Crippen LogP contribution in [0.25, 0.3) is 0 Å². The van der Waals surface area contributed by atoms with Gasteiger partial charge < -0.3 is 36.4 Å². The van der Waals surface area contributed by atoms with Crippen LogP contribution in [-0.2, 0) is 17.9 Å². The van der Waals surface area contributed by atoms with Crippen molar-refractivity contribution in [1.82, 2.24) is 5.32 Å². The average Bonchev–Trinajstić information content (AvgIpc) is 3.27. The fourth-order valence-corrected chi connectivity index (χ4v) is 7.87. The van der Waals surface area contributed by atoms with E-state index in [4.69, 9.17) is 10.2 Å². The standard InChI is InChI=1S/C19H27NO3.C19H21NO3.C15H19NO5.CH4/c2*1-12(2)15-6-4-14(5-7-15)11-20-18-9-16(13(3)21)8-17(10-18)19(22)23;1-8(2)13-11(7-16-6-9(3)17)4-10(14(18)19)5-12(13)15(20)21;/h8-10,12,14-15,20H,4-7,11H2,1-3H3,(H,22,23);4-10,12,20H,11H2,1-3H3,(H,22,23);4-5,8,16H,6-7H2,1-3H3,(H,18,19)(H,20,21);1H4. The summed E-state index contributed by atoms with van der Waals surface area (Å²) in [7, 11) is 0. The van der Waals surface area contributed by atoms with Gasteiger partial charge in [-0.05, 0) is 147 Å². The largest absolute Gasteiger partial charge is 0.478 e. The van der Waals surface area contributed by atoms with Crippen LogP contribution < -0.4 is 16.0 Å². The molecule has 1 aliphatic rings. The fourth-order valence-electron chi connectivity index (χ4n) is 7.87. The van der Waals surface area contributed by atoms with Crippen molar-refractivity contribution in [3.05, 3.63) is 128 Å². The average molecular weight is 938 g/mol. The van der Waals surface area contributed by atoms with Gasteiger partial charge in [-0.2, -0.15) is 0 Å². The molecule has 0 saturated heterocycles. The SMILES string of the molecule is C.CC(=O)CNCc1cc(C(=O)O)cc(C(=O)O)c1C(C)C.CC(=O)c1cc(NCC2CCC(C(C)C)CC2)cc(C(=O)O)c1.CC(=O)c1cc(NCc2ccc(C(C)C)cc2)cc(C(=O)O)c1. The van der Waals surface area contributed by atoms with Crippen molar-refractivity contribution in [2.75, 3.05) is 23.7 Å². The molecule has 1 aliphatic carbocycles. The van der Waals surface area contributed by atoms with Gasteiger partial charge in [0.05, 0.1) is 28.8 Å². The zero-order valence-corrected chi connectivity index (χ0v) is 40.1. The van der Waals surface area contributed by atoms with Gasteiger partial charge in [0, 0.05) is 42.1 Å². The number of ketones is 3. The summed E-state index contributed by atoms with van der Waals surface area (Å²) in [5, 5.41) is 46.1. The summed E-state index contributed by atoms with van der Waals surface area (Å²) in [5.74, 6) is -2.07. The Kier molecular flexibility index (Phi) is 23.0. The van der Waals surface area contributed by atoms with Crippen LogP contribution in [0.1, 0.15) is 192 Å². The predicted molar refractivity (Wildman–Crippen MR) is 267 cm³/mol. The van der Waals surface area contributed by atoms with E-state index in [1.807, 2.05) is 13.8 Å². The highest BCUT2D eigenvalue weighted by atomic mass is 16.4. The molecule has 0 heterocycles. The fraction of sp³-hybridized carbons (Fsp3) is 0.426. The maximum Gasteiger partial charge on any atom is 0.336 e. The van der Waals surface area contributed by atoms with Crippen LogP contribution >= 0.6 is 0 Å². The molecule has 1 saturated carbocycles. The van der Waals surface area contributed by atoms with Crippen molar-refractivity contribution in [2.45, 2.75) is 120 Å². The van der Waals surface area contributed by atoms with Gasteiger partial charge in [-0.15, -0.1) is 0 Å². The number of carbonyl (C=O) groups is 7. The van der Waals surface area contributed by atoms with Gasteiger partial charge in [-0.1, -0.05) is 73.2 Å². The summed E-state index contributed by atoms with van der Waals surface area (Å²) in [6, 6.07) is 20.3. The number of nitrogens with one attached hydrogen (secondary N) is 3. The quantitative estimate of drug-likeness (QED) is 0.0433. The van der Waals surface area contributed by atoms with E-state index in [1.54, 1.807) is 18.2 Å². The molecule has 1 fully saturated rings. The minimum atomic E-state index is -1.18. The molecule has 0 radical (unpaired) electrons. The van der Waals surface area contributed by atoms with Gasteiger partial charge in [0.25, 0.3) is 0 Å². The number of carboxylic acid groups (broad SMARTS) is 4. The Labute approximate surface area is 401 Å². The molecule has 0 atom stereocenters. The van der Waals surface area contributed by atoms with E-state index in [0.29, 0.717) is 46.3 Å². The summed E-state index contributed by atoms with van der Waals surface area (Å²) in [5.41, 5.74) is 5.91. The molecule has 14 nitrogen and oxygen atoms in total. The lowest BCUT2D eigenvalue weighted by molar-refractivity contribution is -0.116. The van der Waals surface area contributed by atoms with Crippen LogP contribution in [0.4, 0.5) is 11.4 Å². The van der Waals surface area contributed by atoms with Gasteiger partial charge in [-0.3, -0.25) is 14.4 Å². The Morgan fingerprint density at radius 2 is 1.03 bits per heavy atom. The number of hydrogen-bond acceptors (Lipinski definition) is 10. The number of aromatic carboxylic acids is 4. The Morgan fingerprint density at radius 3 is 1.44 bits per heavy atom. The summed E-state index contributed by atoms with van der Waals surface area (Å²) >= 11 is 0. The van der Waals surface area contributed by atoms with Crippen LogP contribution in [0.15, 0.2) is 72.8 Å². The Hall–Kier alpha value is -6.67. The van der Waals surface area contributed by atoms with Crippen molar-refractivity contribution in [2.24, 2.45) is 17.8 Å². The molecule has 0 amide bonds. The topological polar surface area (TPSA) is 236 Å². The van der Waals surface area contributed by atoms with Gasteiger partial charge in [0.1, 0.15) is 5.78 Å². The van der Waals surface area contributed by atoms with Gasteiger partial charge >= 0.3 is 23.9 Å². The Bertz CT molecular complexity index is 2330. The van der Waals surface area contributed by atoms with E-state index in [9.17, 15) is 43.8 Å². The van der Waals surface area contributed by atoms with E-state index in [2.05, 4.69) is 67.9 Å². The maximum atomic E-state index is 11.6. The minimum Gasteiger partial charge on any atom is -0.478 e. The summed E-state index contributed by atoms with van der Waals surface area (Å²) in [6.45, 7) is 18.7. The normalized spacial score (nSPS) is 14.1. The zero-order valence-electron chi connectivity index (χ0n) is 40.1. The number of anilines is 2. The molecule has 5 rings (SSSR count). The lowest BCUT2D eigenvalue weighted by Crippen LogP contribution is -2.23. The van der Waals surface area contributed by atoms with Crippen LogP contribution in [0.3, 0.4) is 0 Å². The Morgan fingerprint density at radius 1 is 0.559 bits per heavy atom. The molecule has 14 heteroatoms. The number of carbonyl (C=O) groups excluding carboxylic acids is 3. The Balaban J connectivity index is 0.000000348. The summed E-state index contributed by atoms with van der Waals surface area (Å²) in [6.07, 6.45) is 4.98. The molecule has 68 heavy (non-hydrogen) atoms. The number of benzene rings is 4. The first-order valence-electron chi connectivity index (χ1n) is 22.7. The molecule has 4 aromatic carbocycles. The number of hydrogen-bond donors (Lipinski definition) is 7. The zero-order chi connectivity index (χ0) is 50.1. The first-order chi connectivity index (χ1) is 31.5. The predicted octanol–water partition coefficient (Wildman–Crippen LogP) is 11.3. The highest BCUT2D eigenvalue weighted by Crippen LogP contribution is 2.33. The molecule has 4 aromatic rings. The van der Waals surface area contributed by atoms with Crippen molar-refractivity contribution in [1.29, 1.82) is 0 Å². The second-order valence-electron chi connectivity index (χ2n) is 18.1. The van der Waals surface area contributed by atoms with E-state index < -0.39 is 23.9 Å². The van der Waals surface area contributed by atoms with Gasteiger partial charge in [0.2, 0.25) is 0 Å². The van der Waals surface area contributed by atoms with E-state index in [0.717, 1.165) is 29.6 Å². The second-order valence-corrected chi connectivity index (χ2v) is 18.1. The molecule has 0 bridgehead atoms. The molecule has 0 aromatic heterocycles. The van der Waals surface area contributed by atoms with Crippen LogP contribution in [0, 0.1) is 17.8 Å². The lowest BCUT2D eigenvalue weighted by Gasteiger charge is -2.31. The third kappa shape index (κ3) is 18.2. The summed E-state index contributed by atoms with van der Waals surface area (Å²) in [4.78, 5) is 78.9. The van der Waals surface area contributed by atoms with E-state index >= 15 is 0 Å². The van der Waals surface area contributed by atoms with Crippen LogP contribution in [0.2, 0.25) is 0 Å². The lowest BCUT2D eigenvalue weighted by atomic mass is 9.77. The van der Waals surface area contributed by atoms with Gasteiger partial charge in [0.15, 0.2) is 11.6 Å². The molecular formula is C54H71N3O11. The second kappa shape index (κ2) is 27.2. The molecule has 0 aliphatic heterocycles. The first-order valence-corrected chi connectivity index (χ1v) is 22.7.